The first-order valence-electron chi connectivity index (χ1n) is 6.53. The molecule has 1 unspecified atom stereocenters. The lowest BCUT2D eigenvalue weighted by Gasteiger charge is -2.26. The molecule has 1 N–H and O–H groups in total. The van der Waals surface area contributed by atoms with Gasteiger partial charge in [-0.1, -0.05) is 17.7 Å². The van der Waals surface area contributed by atoms with Crippen molar-refractivity contribution < 1.29 is 31.6 Å². The minimum atomic E-state index is -0.317. The molecular weight excluding hydrogens is 301 g/mol. The molecule has 0 bridgehead atoms. The van der Waals surface area contributed by atoms with Gasteiger partial charge >= 0.3 is 5.97 Å². The smallest absolute Gasteiger partial charge is 0.338 e. The summed E-state index contributed by atoms with van der Waals surface area (Å²) in [6, 6.07) is 6.82. The van der Waals surface area contributed by atoms with E-state index in [9.17, 15) is 4.79 Å². The molecule has 0 aromatic heterocycles. The molecule has 1 heterocycles. The van der Waals surface area contributed by atoms with Crippen molar-refractivity contribution in [3.8, 4) is 0 Å². The van der Waals surface area contributed by atoms with Crippen LogP contribution in [-0.2, 0) is 9.47 Å². The van der Waals surface area contributed by atoms with E-state index >= 15 is 0 Å². The third-order valence-corrected chi connectivity index (χ3v) is 3.38. The number of ether oxygens (including phenoxy) is 2. The molecule has 1 fully saturated rings. The number of hydrogen-bond donors (Lipinski definition) is 1. The number of nitrogens with one attached hydrogen (secondary N) is 1. The number of carbonyl (C=O) groups excluding carboxylic acids is 1. The minimum Gasteiger partial charge on any atom is -1.00 e. The quantitative estimate of drug-likeness (QED) is 0.641. The Morgan fingerprint density at radius 3 is 2.80 bits per heavy atom. The van der Waals surface area contributed by atoms with Crippen LogP contribution in [0.1, 0.15) is 17.3 Å². The highest BCUT2D eigenvalue weighted by molar-refractivity contribution is 6.30. The standard InChI is InChI=1S/C14H18ClNO3.ClH/c1-11(10-16-5-7-18-8-6-16)19-14(17)12-3-2-4-13(15)9-12;/h2-4,9,11H,5-8,10H2,1H3;1H. The van der Waals surface area contributed by atoms with Crippen molar-refractivity contribution in [1.29, 1.82) is 0 Å². The number of esters is 1. The second-order valence-electron chi connectivity index (χ2n) is 4.79. The molecule has 1 aliphatic heterocycles. The zero-order chi connectivity index (χ0) is 13.7. The van der Waals surface area contributed by atoms with Gasteiger partial charge in [-0.05, 0) is 25.1 Å². The summed E-state index contributed by atoms with van der Waals surface area (Å²) >= 11 is 5.86. The second-order valence-corrected chi connectivity index (χ2v) is 5.23. The lowest BCUT2D eigenvalue weighted by molar-refractivity contribution is -0.910. The van der Waals surface area contributed by atoms with Gasteiger partial charge in [-0.25, -0.2) is 4.79 Å². The fraction of sp³-hybridized carbons (Fsp3) is 0.500. The molecule has 4 nitrogen and oxygen atoms in total. The molecule has 0 amide bonds. The van der Waals surface area contributed by atoms with Crippen LogP contribution in [0.4, 0.5) is 0 Å². The Kier molecular flexibility index (Phi) is 7.30. The summed E-state index contributed by atoms with van der Waals surface area (Å²) < 4.78 is 10.7. The summed E-state index contributed by atoms with van der Waals surface area (Å²) in [6.07, 6.45) is -0.111. The molecule has 2 rings (SSSR count). The van der Waals surface area contributed by atoms with E-state index < -0.39 is 0 Å². The van der Waals surface area contributed by atoms with E-state index in [1.807, 2.05) is 6.92 Å². The molecule has 6 heteroatoms. The normalized spacial score (nSPS) is 17.1. The van der Waals surface area contributed by atoms with Gasteiger partial charge < -0.3 is 26.8 Å². The van der Waals surface area contributed by atoms with Crippen LogP contribution in [0.15, 0.2) is 24.3 Å². The number of benzene rings is 1. The van der Waals surface area contributed by atoms with Gasteiger partial charge in [0.1, 0.15) is 25.7 Å². The van der Waals surface area contributed by atoms with Gasteiger partial charge in [0.05, 0.1) is 18.8 Å². The van der Waals surface area contributed by atoms with Crippen LogP contribution in [0.25, 0.3) is 0 Å². The summed E-state index contributed by atoms with van der Waals surface area (Å²) in [4.78, 5) is 13.3. The van der Waals surface area contributed by atoms with Gasteiger partial charge in [0.2, 0.25) is 0 Å². The van der Waals surface area contributed by atoms with Gasteiger partial charge in [0, 0.05) is 5.02 Å². The third kappa shape index (κ3) is 5.29. The van der Waals surface area contributed by atoms with Crippen molar-refractivity contribution in [3.63, 3.8) is 0 Å². The summed E-state index contributed by atoms with van der Waals surface area (Å²) in [6.45, 7) is 6.24. The van der Waals surface area contributed by atoms with Crippen molar-refractivity contribution in [2.24, 2.45) is 0 Å². The fourth-order valence-corrected chi connectivity index (χ4v) is 2.37. The van der Waals surface area contributed by atoms with Gasteiger partial charge in [-0.2, -0.15) is 0 Å². The molecule has 1 aromatic rings. The fourth-order valence-electron chi connectivity index (χ4n) is 2.18. The van der Waals surface area contributed by atoms with E-state index in [-0.39, 0.29) is 24.5 Å². The van der Waals surface area contributed by atoms with Crippen LogP contribution in [-0.4, -0.2) is 44.9 Å². The lowest BCUT2D eigenvalue weighted by Crippen LogP contribution is -3.15. The van der Waals surface area contributed by atoms with Crippen LogP contribution in [0.3, 0.4) is 0 Å². The summed E-state index contributed by atoms with van der Waals surface area (Å²) in [5.41, 5.74) is 0.497. The Labute approximate surface area is 130 Å². The molecule has 1 saturated heterocycles. The van der Waals surface area contributed by atoms with Crippen molar-refractivity contribution in [1.82, 2.24) is 0 Å². The Bertz CT molecular complexity index is 436. The van der Waals surface area contributed by atoms with E-state index in [0.717, 1.165) is 32.8 Å². The summed E-state index contributed by atoms with van der Waals surface area (Å²) in [7, 11) is 0. The SMILES string of the molecule is CC(C[NH+]1CCOCC1)OC(=O)c1cccc(Cl)c1.[Cl-]. The highest BCUT2D eigenvalue weighted by Crippen LogP contribution is 2.12. The predicted octanol–water partition coefficient (Wildman–Crippen LogP) is -2.20. The number of morpholine rings is 1. The van der Waals surface area contributed by atoms with Crippen LogP contribution in [0.2, 0.25) is 5.02 Å². The highest BCUT2D eigenvalue weighted by atomic mass is 35.5. The maximum absolute atomic E-state index is 11.9. The Balaban J connectivity index is 0.00000200. The lowest BCUT2D eigenvalue weighted by atomic mass is 10.2. The summed E-state index contributed by atoms with van der Waals surface area (Å²) in [5, 5.41) is 0.543. The molecule has 1 aliphatic rings. The first-order chi connectivity index (χ1) is 9.15. The maximum atomic E-state index is 11.9. The number of hydrogen-bond acceptors (Lipinski definition) is 3. The Morgan fingerprint density at radius 2 is 2.15 bits per heavy atom. The van der Waals surface area contributed by atoms with Gasteiger partial charge in [-0.15, -0.1) is 0 Å². The Morgan fingerprint density at radius 1 is 1.45 bits per heavy atom. The predicted molar refractivity (Wildman–Crippen MR) is 72.7 cm³/mol. The zero-order valence-electron chi connectivity index (χ0n) is 11.4. The topological polar surface area (TPSA) is 40.0 Å². The molecule has 0 aliphatic carbocycles. The summed E-state index contributed by atoms with van der Waals surface area (Å²) in [5.74, 6) is -0.317. The van der Waals surface area contributed by atoms with Crippen molar-refractivity contribution in [3.05, 3.63) is 34.9 Å². The van der Waals surface area contributed by atoms with Crippen LogP contribution in [0, 0.1) is 0 Å². The Hall–Kier alpha value is -0.810. The molecule has 0 saturated carbocycles. The van der Waals surface area contributed by atoms with Gasteiger partial charge in [0.15, 0.2) is 0 Å². The average Bonchev–Trinajstić information content (AvgIpc) is 2.39. The molecule has 1 aromatic carbocycles. The van der Waals surface area contributed by atoms with E-state index in [2.05, 4.69) is 0 Å². The van der Waals surface area contributed by atoms with Crippen molar-refractivity contribution >= 4 is 17.6 Å². The van der Waals surface area contributed by atoms with Crippen molar-refractivity contribution in [2.75, 3.05) is 32.8 Å². The molecule has 112 valence electrons. The molecule has 20 heavy (non-hydrogen) atoms. The van der Waals surface area contributed by atoms with Crippen molar-refractivity contribution in [2.45, 2.75) is 13.0 Å². The largest absolute Gasteiger partial charge is 1.00 e. The van der Waals surface area contributed by atoms with Crippen LogP contribution >= 0.6 is 11.6 Å². The molecule has 0 radical (unpaired) electrons. The molecular formula is C14H19Cl2NO3. The number of quaternary nitrogens is 1. The monoisotopic (exact) mass is 319 g/mol. The minimum absolute atomic E-state index is 0. The zero-order valence-corrected chi connectivity index (χ0v) is 12.9. The number of carbonyl (C=O) groups is 1. The third-order valence-electron chi connectivity index (χ3n) is 3.14. The van der Waals surface area contributed by atoms with E-state index in [1.165, 1.54) is 4.90 Å². The molecule has 1 atom stereocenters. The first-order valence-corrected chi connectivity index (χ1v) is 6.91. The van der Waals surface area contributed by atoms with E-state index in [0.29, 0.717) is 10.6 Å². The number of rotatable bonds is 4. The first kappa shape index (κ1) is 17.2. The second kappa shape index (κ2) is 8.47. The van der Waals surface area contributed by atoms with Gasteiger partial charge in [-0.3, -0.25) is 0 Å². The maximum Gasteiger partial charge on any atom is 0.338 e. The van der Waals surface area contributed by atoms with Crippen LogP contribution in [0.5, 0.6) is 0 Å². The molecule has 0 spiro atoms. The average molecular weight is 320 g/mol. The number of halogens is 2. The van der Waals surface area contributed by atoms with Crippen LogP contribution < -0.4 is 17.3 Å². The van der Waals surface area contributed by atoms with E-state index in [4.69, 9.17) is 21.1 Å². The van der Waals surface area contributed by atoms with Gasteiger partial charge in [0.25, 0.3) is 0 Å². The highest BCUT2D eigenvalue weighted by Gasteiger charge is 2.20. The van der Waals surface area contributed by atoms with E-state index in [1.54, 1.807) is 24.3 Å².